The van der Waals surface area contributed by atoms with Gasteiger partial charge < -0.3 is 14.6 Å². The molecule has 0 fully saturated rings. The number of aliphatic hydroxyl groups excluding tert-OH is 1. The molecule has 0 saturated heterocycles. The monoisotopic (exact) mass is 261 g/mol. The molecule has 1 aromatic heterocycles. The fourth-order valence-corrected chi connectivity index (χ4v) is 2.34. The van der Waals surface area contributed by atoms with Crippen molar-refractivity contribution in [3.8, 4) is 0 Å². The van der Waals surface area contributed by atoms with E-state index in [2.05, 4.69) is 46.5 Å². The summed E-state index contributed by atoms with van der Waals surface area (Å²) >= 11 is 0. The first kappa shape index (κ1) is 13.9. The third kappa shape index (κ3) is 3.07. The number of aliphatic hydroxyl groups is 1. The molecule has 4 nitrogen and oxygen atoms in total. The average molecular weight is 261 g/mol. The first-order valence-corrected chi connectivity index (χ1v) is 7.10. The van der Waals surface area contributed by atoms with E-state index in [9.17, 15) is 0 Å². The SMILES string of the molecule is CCCCn1cnc2ccc(N(CC)CCO)cc21. The smallest absolute Gasteiger partial charge is 0.0958 e. The van der Waals surface area contributed by atoms with Gasteiger partial charge in [0.25, 0.3) is 0 Å². The molecule has 4 heteroatoms. The van der Waals surface area contributed by atoms with Crippen LogP contribution in [0.15, 0.2) is 24.5 Å². The Morgan fingerprint density at radius 3 is 2.84 bits per heavy atom. The van der Waals surface area contributed by atoms with Gasteiger partial charge >= 0.3 is 0 Å². The van der Waals surface area contributed by atoms with E-state index < -0.39 is 0 Å². The Labute approximate surface area is 114 Å². The summed E-state index contributed by atoms with van der Waals surface area (Å²) in [4.78, 5) is 6.62. The van der Waals surface area contributed by atoms with Gasteiger partial charge in [-0.25, -0.2) is 4.98 Å². The molecule has 0 aliphatic carbocycles. The van der Waals surface area contributed by atoms with E-state index >= 15 is 0 Å². The summed E-state index contributed by atoms with van der Waals surface area (Å²) in [5.41, 5.74) is 3.38. The van der Waals surface area contributed by atoms with Gasteiger partial charge in [-0.3, -0.25) is 0 Å². The molecule has 0 unspecified atom stereocenters. The molecule has 1 N–H and O–H groups in total. The van der Waals surface area contributed by atoms with Gasteiger partial charge in [-0.05, 0) is 31.5 Å². The van der Waals surface area contributed by atoms with Crippen LogP contribution in [0.2, 0.25) is 0 Å². The highest BCUT2D eigenvalue weighted by Gasteiger charge is 2.07. The molecule has 104 valence electrons. The second kappa shape index (κ2) is 6.57. The van der Waals surface area contributed by atoms with Crippen LogP contribution in [0.25, 0.3) is 11.0 Å². The minimum Gasteiger partial charge on any atom is -0.395 e. The third-order valence-corrected chi connectivity index (χ3v) is 3.47. The lowest BCUT2D eigenvalue weighted by atomic mass is 10.2. The number of likely N-dealkylation sites (N-methyl/N-ethyl adjacent to an activating group) is 1. The number of hydrogen-bond acceptors (Lipinski definition) is 3. The van der Waals surface area contributed by atoms with Crippen molar-refractivity contribution in [2.75, 3.05) is 24.6 Å². The number of imidazole rings is 1. The first-order valence-electron chi connectivity index (χ1n) is 7.10. The molecular formula is C15H23N3O. The van der Waals surface area contributed by atoms with Crippen LogP contribution in [0.1, 0.15) is 26.7 Å². The predicted octanol–water partition coefficient (Wildman–Crippen LogP) is 2.66. The normalized spacial score (nSPS) is 11.1. The number of unbranched alkanes of at least 4 members (excludes halogenated alkanes) is 1. The molecule has 0 atom stereocenters. The number of fused-ring (bicyclic) bond motifs is 1. The molecular weight excluding hydrogens is 238 g/mol. The maximum absolute atomic E-state index is 9.11. The summed E-state index contributed by atoms with van der Waals surface area (Å²) in [5, 5.41) is 9.11. The quantitative estimate of drug-likeness (QED) is 0.833. The topological polar surface area (TPSA) is 41.3 Å². The zero-order chi connectivity index (χ0) is 13.7. The Morgan fingerprint density at radius 1 is 1.32 bits per heavy atom. The Hall–Kier alpha value is -1.55. The molecule has 2 rings (SSSR count). The van der Waals surface area contributed by atoms with Crippen molar-refractivity contribution in [1.29, 1.82) is 0 Å². The number of aromatic nitrogens is 2. The minimum atomic E-state index is 0.182. The molecule has 0 spiro atoms. The zero-order valence-corrected chi connectivity index (χ0v) is 11.8. The lowest BCUT2D eigenvalue weighted by Crippen LogP contribution is -2.26. The van der Waals surface area contributed by atoms with E-state index in [4.69, 9.17) is 5.11 Å². The van der Waals surface area contributed by atoms with E-state index in [1.807, 2.05) is 6.33 Å². The van der Waals surface area contributed by atoms with E-state index in [1.54, 1.807) is 0 Å². The molecule has 0 aliphatic heterocycles. The summed E-state index contributed by atoms with van der Waals surface area (Å²) in [5.74, 6) is 0. The van der Waals surface area contributed by atoms with Crippen LogP contribution in [0.5, 0.6) is 0 Å². The van der Waals surface area contributed by atoms with E-state index in [-0.39, 0.29) is 6.61 Å². The Kier molecular flexibility index (Phi) is 4.80. The van der Waals surface area contributed by atoms with Gasteiger partial charge in [0.2, 0.25) is 0 Å². The van der Waals surface area contributed by atoms with Crippen LogP contribution in [-0.2, 0) is 6.54 Å². The van der Waals surface area contributed by atoms with Gasteiger partial charge in [-0.2, -0.15) is 0 Å². The summed E-state index contributed by atoms with van der Waals surface area (Å²) in [6.45, 7) is 7.07. The Bertz CT molecular complexity index is 521. The van der Waals surface area contributed by atoms with Gasteiger partial charge in [-0.15, -0.1) is 0 Å². The maximum Gasteiger partial charge on any atom is 0.0958 e. The number of aryl methyl sites for hydroxylation is 1. The van der Waals surface area contributed by atoms with Crippen LogP contribution < -0.4 is 4.90 Å². The van der Waals surface area contributed by atoms with Crippen molar-refractivity contribution in [3.05, 3.63) is 24.5 Å². The Morgan fingerprint density at radius 2 is 2.16 bits per heavy atom. The van der Waals surface area contributed by atoms with Gasteiger partial charge in [0.15, 0.2) is 0 Å². The minimum absolute atomic E-state index is 0.182. The number of nitrogens with zero attached hydrogens (tertiary/aromatic N) is 3. The summed E-state index contributed by atoms with van der Waals surface area (Å²) in [6.07, 6.45) is 4.28. The van der Waals surface area contributed by atoms with Gasteiger partial charge in [-0.1, -0.05) is 13.3 Å². The second-order valence-electron chi connectivity index (χ2n) is 4.77. The standard InChI is InChI=1S/C15H23N3O/c1-3-5-8-18-12-16-14-7-6-13(11-15(14)18)17(4-2)9-10-19/h6-7,11-12,19H,3-5,8-10H2,1-2H3. The van der Waals surface area contributed by atoms with Crippen molar-refractivity contribution in [2.45, 2.75) is 33.2 Å². The van der Waals surface area contributed by atoms with Crippen LogP contribution in [-0.4, -0.2) is 34.4 Å². The number of hydrogen-bond donors (Lipinski definition) is 1. The van der Waals surface area contributed by atoms with Crippen LogP contribution in [0.3, 0.4) is 0 Å². The predicted molar refractivity (Wildman–Crippen MR) is 79.6 cm³/mol. The summed E-state index contributed by atoms with van der Waals surface area (Å²) in [6, 6.07) is 6.32. The van der Waals surface area contributed by atoms with Crippen LogP contribution >= 0.6 is 0 Å². The second-order valence-corrected chi connectivity index (χ2v) is 4.77. The number of anilines is 1. The summed E-state index contributed by atoms with van der Waals surface area (Å²) in [7, 11) is 0. The molecule has 0 radical (unpaired) electrons. The van der Waals surface area contributed by atoms with E-state index in [1.165, 1.54) is 18.4 Å². The molecule has 0 bridgehead atoms. The lowest BCUT2D eigenvalue weighted by Gasteiger charge is -2.22. The molecule has 1 aromatic carbocycles. The number of rotatable bonds is 7. The zero-order valence-electron chi connectivity index (χ0n) is 11.8. The van der Waals surface area contributed by atoms with Crippen molar-refractivity contribution in [3.63, 3.8) is 0 Å². The molecule has 0 saturated carbocycles. The molecule has 0 amide bonds. The lowest BCUT2D eigenvalue weighted by molar-refractivity contribution is 0.302. The molecule has 19 heavy (non-hydrogen) atoms. The van der Waals surface area contributed by atoms with Crippen molar-refractivity contribution in [2.24, 2.45) is 0 Å². The van der Waals surface area contributed by atoms with E-state index in [0.717, 1.165) is 24.3 Å². The Balaban J connectivity index is 2.31. The summed E-state index contributed by atoms with van der Waals surface area (Å²) < 4.78 is 2.22. The fraction of sp³-hybridized carbons (Fsp3) is 0.533. The molecule has 0 aliphatic rings. The van der Waals surface area contributed by atoms with Crippen LogP contribution in [0.4, 0.5) is 5.69 Å². The van der Waals surface area contributed by atoms with Gasteiger partial charge in [0, 0.05) is 25.3 Å². The largest absolute Gasteiger partial charge is 0.395 e. The van der Waals surface area contributed by atoms with Crippen molar-refractivity contribution < 1.29 is 5.11 Å². The van der Waals surface area contributed by atoms with E-state index in [0.29, 0.717) is 6.54 Å². The fourth-order valence-electron chi connectivity index (χ4n) is 2.34. The highest BCUT2D eigenvalue weighted by molar-refractivity contribution is 5.79. The number of benzene rings is 1. The van der Waals surface area contributed by atoms with Crippen molar-refractivity contribution >= 4 is 16.7 Å². The highest BCUT2D eigenvalue weighted by atomic mass is 16.3. The van der Waals surface area contributed by atoms with Gasteiger partial charge in [0.05, 0.1) is 24.0 Å². The van der Waals surface area contributed by atoms with Gasteiger partial charge in [0.1, 0.15) is 0 Å². The first-order chi connectivity index (χ1) is 9.30. The molecule has 2 aromatic rings. The highest BCUT2D eigenvalue weighted by Crippen LogP contribution is 2.21. The average Bonchev–Trinajstić information content (AvgIpc) is 2.84. The van der Waals surface area contributed by atoms with Crippen molar-refractivity contribution in [1.82, 2.24) is 9.55 Å². The maximum atomic E-state index is 9.11. The third-order valence-electron chi connectivity index (χ3n) is 3.47. The van der Waals surface area contributed by atoms with Crippen LogP contribution in [0, 0.1) is 0 Å². The molecule has 1 heterocycles.